The number of hydrogen-bond acceptors (Lipinski definition) is 5. The van der Waals surface area contributed by atoms with Crippen LogP contribution in [0.25, 0.3) is 0 Å². The Morgan fingerprint density at radius 3 is 2.65 bits per heavy atom. The highest BCUT2D eigenvalue weighted by atomic mass is 16.5. The molecule has 1 heterocycles. The zero-order chi connectivity index (χ0) is 12.9. The molecule has 0 aliphatic rings. The monoisotopic (exact) mass is 241 g/mol. The summed E-state index contributed by atoms with van der Waals surface area (Å²) in [5, 5.41) is 7.35. The van der Waals surface area contributed by atoms with E-state index in [2.05, 4.69) is 29.3 Å². The van der Waals surface area contributed by atoms with E-state index in [9.17, 15) is 0 Å². The summed E-state index contributed by atoms with van der Waals surface area (Å²) in [6, 6.07) is 0.388. The van der Waals surface area contributed by atoms with Crippen LogP contribution in [0.15, 0.2) is 4.52 Å². The summed E-state index contributed by atoms with van der Waals surface area (Å²) >= 11 is 0. The largest absolute Gasteiger partial charge is 0.371 e. The second kappa shape index (κ2) is 6.12. The smallest absolute Gasteiger partial charge is 0.228 e. The standard InChI is InChI=1S/C12H23N3O2/c1-6-9(13-7-2)8-10-14-11(15-17-10)12(3,4)16-5/h9,13H,6-8H2,1-5H3. The number of nitrogens with zero attached hydrogens (tertiary/aromatic N) is 2. The molecule has 1 aromatic heterocycles. The van der Waals surface area contributed by atoms with Crippen LogP contribution in [-0.2, 0) is 16.8 Å². The van der Waals surface area contributed by atoms with Gasteiger partial charge < -0.3 is 14.6 Å². The molecule has 1 N–H and O–H groups in total. The van der Waals surface area contributed by atoms with Crippen LogP contribution in [0.3, 0.4) is 0 Å². The minimum absolute atomic E-state index is 0.388. The quantitative estimate of drug-likeness (QED) is 0.789. The average molecular weight is 241 g/mol. The van der Waals surface area contributed by atoms with Crippen molar-refractivity contribution in [3.63, 3.8) is 0 Å². The van der Waals surface area contributed by atoms with Crippen molar-refractivity contribution in [2.75, 3.05) is 13.7 Å². The van der Waals surface area contributed by atoms with E-state index in [0.717, 1.165) is 19.4 Å². The van der Waals surface area contributed by atoms with Gasteiger partial charge in [-0.1, -0.05) is 19.0 Å². The van der Waals surface area contributed by atoms with Gasteiger partial charge in [-0.05, 0) is 26.8 Å². The molecule has 0 amide bonds. The number of ether oxygens (including phenoxy) is 1. The molecule has 0 aliphatic heterocycles. The Bertz CT molecular complexity index is 336. The van der Waals surface area contributed by atoms with Crippen molar-refractivity contribution in [1.29, 1.82) is 0 Å². The fourth-order valence-corrected chi connectivity index (χ4v) is 1.53. The molecule has 0 saturated carbocycles. The van der Waals surface area contributed by atoms with Gasteiger partial charge in [0, 0.05) is 19.6 Å². The molecule has 0 bridgehead atoms. The van der Waals surface area contributed by atoms with E-state index in [0.29, 0.717) is 17.8 Å². The van der Waals surface area contributed by atoms with Gasteiger partial charge in [0.2, 0.25) is 11.7 Å². The predicted octanol–water partition coefficient (Wildman–Crippen LogP) is 1.88. The molecule has 5 nitrogen and oxygen atoms in total. The molecule has 1 aromatic rings. The number of methoxy groups -OCH3 is 1. The molecule has 0 radical (unpaired) electrons. The fraction of sp³-hybridized carbons (Fsp3) is 0.833. The molecular formula is C12H23N3O2. The molecule has 1 unspecified atom stereocenters. The summed E-state index contributed by atoms with van der Waals surface area (Å²) in [4.78, 5) is 4.38. The maximum absolute atomic E-state index is 5.32. The molecule has 1 rings (SSSR count). The van der Waals surface area contributed by atoms with Crippen molar-refractivity contribution in [2.45, 2.75) is 52.2 Å². The maximum atomic E-state index is 5.32. The third-order valence-electron chi connectivity index (χ3n) is 2.92. The van der Waals surface area contributed by atoms with Gasteiger partial charge >= 0.3 is 0 Å². The van der Waals surface area contributed by atoms with Crippen molar-refractivity contribution in [3.05, 3.63) is 11.7 Å². The lowest BCUT2D eigenvalue weighted by Gasteiger charge is -2.17. The van der Waals surface area contributed by atoms with Gasteiger partial charge in [-0.2, -0.15) is 4.98 Å². The van der Waals surface area contributed by atoms with Crippen LogP contribution in [0.1, 0.15) is 45.8 Å². The number of likely N-dealkylation sites (N-methyl/N-ethyl adjacent to an activating group) is 1. The molecule has 98 valence electrons. The maximum Gasteiger partial charge on any atom is 0.228 e. The molecule has 0 fully saturated rings. The lowest BCUT2D eigenvalue weighted by atomic mass is 10.1. The van der Waals surface area contributed by atoms with Gasteiger partial charge in [-0.3, -0.25) is 0 Å². The molecule has 1 atom stereocenters. The molecule has 0 aliphatic carbocycles. The molecule has 0 aromatic carbocycles. The van der Waals surface area contributed by atoms with E-state index in [-0.39, 0.29) is 0 Å². The first-order valence-electron chi connectivity index (χ1n) is 6.15. The van der Waals surface area contributed by atoms with Gasteiger partial charge in [0.1, 0.15) is 5.60 Å². The predicted molar refractivity (Wildman–Crippen MR) is 65.8 cm³/mol. The van der Waals surface area contributed by atoms with E-state index >= 15 is 0 Å². The lowest BCUT2D eigenvalue weighted by Crippen LogP contribution is -2.30. The number of rotatable bonds is 7. The van der Waals surface area contributed by atoms with Crippen molar-refractivity contribution < 1.29 is 9.26 Å². The minimum Gasteiger partial charge on any atom is -0.371 e. The molecule has 5 heteroatoms. The Morgan fingerprint density at radius 2 is 2.12 bits per heavy atom. The van der Waals surface area contributed by atoms with Crippen molar-refractivity contribution in [2.24, 2.45) is 0 Å². The third kappa shape index (κ3) is 3.78. The first-order valence-corrected chi connectivity index (χ1v) is 6.15. The number of hydrogen-bond donors (Lipinski definition) is 1. The second-order valence-electron chi connectivity index (χ2n) is 4.59. The summed E-state index contributed by atoms with van der Waals surface area (Å²) in [7, 11) is 1.64. The first-order chi connectivity index (χ1) is 8.03. The minimum atomic E-state index is -0.498. The van der Waals surface area contributed by atoms with E-state index in [1.165, 1.54) is 0 Å². The van der Waals surface area contributed by atoms with Crippen LogP contribution in [-0.4, -0.2) is 29.8 Å². The summed E-state index contributed by atoms with van der Waals surface area (Å²) in [5.41, 5.74) is -0.498. The molecule has 17 heavy (non-hydrogen) atoms. The van der Waals surface area contributed by atoms with E-state index < -0.39 is 5.60 Å². The highest BCUT2D eigenvalue weighted by Crippen LogP contribution is 2.20. The van der Waals surface area contributed by atoms with Crippen LogP contribution in [0.5, 0.6) is 0 Å². The van der Waals surface area contributed by atoms with Gasteiger partial charge in [-0.25, -0.2) is 0 Å². The van der Waals surface area contributed by atoms with Gasteiger partial charge in [-0.15, -0.1) is 0 Å². The van der Waals surface area contributed by atoms with Crippen LogP contribution >= 0.6 is 0 Å². The Kier molecular flexibility index (Phi) is 5.08. The van der Waals surface area contributed by atoms with Crippen molar-refractivity contribution >= 4 is 0 Å². The molecule has 0 spiro atoms. The van der Waals surface area contributed by atoms with E-state index in [1.807, 2.05) is 13.8 Å². The van der Waals surface area contributed by atoms with Gasteiger partial charge in [0.25, 0.3) is 0 Å². The van der Waals surface area contributed by atoms with Gasteiger partial charge in [0.05, 0.1) is 0 Å². The summed E-state index contributed by atoms with van der Waals surface area (Å²) in [6.45, 7) is 9.02. The second-order valence-corrected chi connectivity index (χ2v) is 4.59. The third-order valence-corrected chi connectivity index (χ3v) is 2.92. The summed E-state index contributed by atoms with van der Waals surface area (Å²) in [6.07, 6.45) is 1.80. The Morgan fingerprint density at radius 1 is 1.41 bits per heavy atom. The van der Waals surface area contributed by atoms with Crippen molar-refractivity contribution in [3.8, 4) is 0 Å². The Hall–Kier alpha value is -0.940. The molecule has 0 saturated heterocycles. The lowest BCUT2D eigenvalue weighted by molar-refractivity contribution is 0.00973. The van der Waals surface area contributed by atoms with Crippen molar-refractivity contribution in [1.82, 2.24) is 15.5 Å². The van der Waals surface area contributed by atoms with Crippen LogP contribution < -0.4 is 5.32 Å². The SMILES string of the molecule is CCNC(CC)Cc1nc(C(C)(C)OC)no1. The van der Waals surface area contributed by atoms with Crippen LogP contribution in [0.2, 0.25) is 0 Å². The molecular weight excluding hydrogens is 218 g/mol. The fourth-order valence-electron chi connectivity index (χ4n) is 1.53. The Labute approximate surface area is 103 Å². The average Bonchev–Trinajstić information content (AvgIpc) is 2.77. The topological polar surface area (TPSA) is 60.2 Å². The normalized spacial score (nSPS) is 13.9. The van der Waals surface area contributed by atoms with Crippen LogP contribution in [0, 0.1) is 0 Å². The highest BCUT2D eigenvalue weighted by Gasteiger charge is 2.26. The first kappa shape index (κ1) is 14.1. The van der Waals surface area contributed by atoms with E-state index in [1.54, 1.807) is 7.11 Å². The summed E-state index contributed by atoms with van der Waals surface area (Å²) < 4.78 is 10.6. The number of nitrogens with one attached hydrogen (secondary N) is 1. The zero-order valence-corrected chi connectivity index (χ0v) is 11.4. The van der Waals surface area contributed by atoms with E-state index in [4.69, 9.17) is 9.26 Å². The summed E-state index contributed by atoms with van der Waals surface area (Å²) in [5.74, 6) is 1.26. The number of aromatic nitrogens is 2. The zero-order valence-electron chi connectivity index (χ0n) is 11.4. The van der Waals surface area contributed by atoms with Crippen LogP contribution in [0.4, 0.5) is 0 Å². The highest BCUT2D eigenvalue weighted by molar-refractivity contribution is 4.98. The van der Waals surface area contributed by atoms with Gasteiger partial charge in [0.15, 0.2) is 0 Å². The Balaban J connectivity index is 2.68.